The van der Waals surface area contributed by atoms with Gasteiger partial charge in [0, 0.05) is 19.3 Å². The van der Waals surface area contributed by atoms with Crippen molar-refractivity contribution < 1.29 is 13.2 Å². The zero-order chi connectivity index (χ0) is 15.9. The van der Waals surface area contributed by atoms with Crippen molar-refractivity contribution >= 4 is 11.6 Å². The number of aromatic nitrogens is 3. The molecule has 1 aliphatic rings. The normalized spacial score (nSPS) is 16.3. The van der Waals surface area contributed by atoms with Gasteiger partial charge in [0.15, 0.2) is 17.4 Å². The molecule has 2 aromatic heterocycles. The van der Waals surface area contributed by atoms with Crippen molar-refractivity contribution in [2.24, 2.45) is 10.7 Å². The van der Waals surface area contributed by atoms with Crippen molar-refractivity contribution in [2.45, 2.75) is 31.6 Å². The molecular formula is C13H15F3N6. The highest BCUT2D eigenvalue weighted by atomic mass is 19.4. The molecule has 9 heteroatoms. The quantitative estimate of drug-likeness (QED) is 0.691. The van der Waals surface area contributed by atoms with Crippen LogP contribution in [0.3, 0.4) is 0 Å². The number of fused-ring (bicyclic) bond motifs is 1. The Bertz CT molecular complexity index is 716. The second-order valence-electron chi connectivity index (χ2n) is 5.28. The molecule has 118 valence electrons. The molecule has 0 saturated heterocycles. The maximum absolute atomic E-state index is 12.8. The molecule has 0 aromatic carbocycles. The molecular weight excluding hydrogens is 297 g/mol. The van der Waals surface area contributed by atoms with Crippen LogP contribution in [0, 0.1) is 0 Å². The highest BCUT2D eigenvalue weighted by molar-refractivity contribution is 5.78. The molecule has 0 atom stereocenters. The summed E-state index contributed by atoms with van der Waals surface area (Å²) in [5.74, 6) is 0.666. The van der Waals surface area contributed by atoms with Gasteiger partial charge in [-0.1, -0.05) is 0 Å². The highest BCUT2D eigenvalue weighted by Gasteiger charge is 2.31. The lowest BCUT2D eigenvalue weighted by Crippen LogP contribution is -2.35. The predicted molar refractivity (Wildman–Crippen MR) is 74.1 cm³/mol. The Morgan fingerprint density at radius 2 is 2.14 bits per heavy atom. The van der Waals surface area contributed by atoms with E-state index in [1.165, 1.54) is 10.5 Å². The fraction of sp³-hybridized carbons (Fsp3) is 0.462. The van der Waals surface area contributed by atoms with Crippen LogP contribution in [0.4, 0.5) is 13.2 Å². The van der Waals surface area contributed by atoms with Gasteiger partial charge in [0.2, 0.25) is 0 Å². The average Bonchev–Trinajstić information content (AvgIpc) is 3.23. The van der Waals surface area contributed by atoms with Gasteiger partial charge in [-0.3, -0.25) is 4.40 Å². The monoisotopic (exact) mass is 312 g/mol. The van der Waals surface area contributed by atoms with Gasteiger partial charge in [-0.05, 0) is 25.0 Å². The van der Waals surface area contributed by atoms with Crippen molar-refractivity contribution in [3.8, 4) is 0 Å². The molecule has 2 N–H and O–H groups in total. The minimum Gasteiger partial charge on any atom is -0.370 e. The molecule has 0 radical (unpaired) electrons. The van der Waals surface area contributed by atoms with Crippen molar-refractivity contribution in [3.63, 3.8) is 0 Å². The molecule has 1 fully saturated rings. The molecule has 1 aliphatic carbocycles. The van der Waals surface area contributed by atoms with Gasteiger partial charge in [-0.15, -0.1) is 10.2 Å². The average molecular weight is 312 g/mol. The molecule has 6 nitrogen and oxygen atoms in total. The van der Waals surface area contributed by atoms with E-state index in [4.69, 9.17) is 5.73 Å². The number of guanidine groups is 1. The maximum Gasteiger partial charge on any atom is 0.417 e. The number of aliphatic imine (C=N–C) groups is 1. The number of halogens is 3. The summed E-state index contributed by atoms with van der Waals surface area (Å²) in [4.78, 5) is 6.05. The number of alkyl halides is 3. The smallest absolute Gasteiger partial charge is 0.370 e. The number of hydrogen-bond acceptors (Lipinski definition) is 3. The van der Waals surface area contributed by atoms with E-state index in [1.807, 2.05) is 11.9 Å². The standard InChI is InChI=1S/C13H15F3N6/c1-21(9-3-4-9)12(17)18-6-11-20-19-10-5-2-8(7-22(10)11)13(14,15)16/h2,5,7,9H,3-4,6H2,1H3,(H2,17,18). The predicted octanol–water partition coefficient (Wildman–Crippen LogP) is 1.66. The Kier molecular flexibility index (Phi) is 3.42. The number of nitrogens with two attached hydrogens (primary N) is 1. The summed E-state index contributed by atoms with van der Waals surface area (Å²) >= 11 is 0. The van der Waals surface area contributed by atoms with Crippen LogP contribution in [0.1, 0.15) is 24.2 Å². The Hall–Kier alpha value is -2.32. The van der Waals surface area contributed by atoms with Crippen LogP contribution in [0.2, 0.25) is 0 Å². The van der Waals surface area contributed by atoms with E-state index in [1.54, 1.807) is 0 Å². The summed E-state index contributed by atoms with van der Waals surface area (Å²) in [5, 5.41) is 7.71. The number of rotatable bonds is 3. The van der Waals surface area contributed by atoms with E-state index in [2.05, 4.69) is 15.2 Å². The SMILES string of the molecule is CN(C(N)=NCc1nnc2ccc(C(F)(F)F)cn12)C1CC1. The first kappa shape index (κ1) is 14.6. The van der Waals surface area contributed by atoms with Gasteiger partial charge in [-0.25, -0.2) is 4.99 Å². The largest absolute Gasteiger partial charge is 0.417 e. The third-order valence-electron chi connectivity index (χ3n) is 3.64. The van der Waals surface area contributed by atoms with E-state index < -0.39 is 11.7 Å². The van der Waals surface area contributed by atoms with Crippen LogP contribution in [0.15, 0.2) is 23.3 Å². The van der Waals surface area contributed by atoms with Crippen LogP contribution in [-0.4, -0.2) is 38.5 Å². The molecule has 1 saturated carbocycles. The van der Waals surface area contributed by atoms with Crippen LogP contribution in [-0.2, 0) is 12.7 Å². The van der Waals surface area contributed by atoms with E-state index in [0.29, 0.717) is 23.5 Å². The molecule has 2 aromatic rings. The van der Waals surface area contributed by atoms with E-state index >= 15 is 0 Å². The number of hydrogen-bond donors (Lipinski definition) is 1. The second-order valence-corrected chi connectivity index (χ2v) is 5.28. The van der Waals surface area contributed by atoms with Gasteiger partial charge in [0.1, 0.15) is 6.54 Å². The first-order valence-electron chi connectivity index (χ1n) is 6.80. The summed E-state index contributed by atoms with van der Waals surface area (Å²) in [6.45, 7) is 0.0748. The molecule has 0 amide bonds. The Labute approximate surface area is 124 Å². The lowest BCUT2D eigenvalue weighted by molar-refractivity contribution is -0.137. The van der Waals surface area contributed by atoms with Crippen LogP contribution < -0.4 is 5.73 Å². The number of pyridine rings is 1. The molecule has 0 spiro atoms. The third-order valence-corrected chi connectivity index (χ3v) is 3.64. The Morgan fingerprint density at radius 1 is 1.41 bits per heavy atom. The summed E-state index contributed by atoms with van der Waals surface area (Å²) in [6, 6.07) is 2.67. The summed E-state index contributed by atoms with van der Waals surface area (Å²) < 4.78 is 39.6. The fourth-order valence-electron chi connectivity index (χ4n) is 2.13. The molecule has 3 rings (SSSR count). The van der Waals surface area contributed by atoms with Crippen molar-refractivity contribution in [3.05, 3.63) is 29.7 Å². The van der Waals surface area contributed by atoms with E-state index in [9.17, 15) is 13.2 Å². The Morgan fingerprint density at radius 3 is 2.77 bits per heavy atom. The van der Waals surface area contributed by atoms with Gasteiger partial charge < -0.3 is 10.6 Å². The van der Waals surface area contributed by atoms with E-state index in [0.717, 1.165) is 25.1 Å². The minimum atomic E-state index is -4.41. The molecule has 0 bridgehead atoms. The van der Waals surface area contributed by atoms with Gasteiger partial charge in [0.25, 0.3) is 0 Å². The number of nitrogens with zero attached hydrogens (tertiary/aromatic N) is 5. The summed E-state index contributed by atoms with van der Waals surface area (Å²) in [6.07, 6.45) is -1.28. The van der Waals surface area contributed by atoms with Crippen molar-refractivity contribution in [1.82, 2.24) is 19.5 Å². The zero-order valence-corrected chi connectivity index (χ0v) is 11.9. The van der Waals surface area contributed by atoms with Crippen molar-refractivity contribution in [2.75, 3.05) is 7.05 Å². The molecule has 0 aliphatic heterocycles. The Balaban J connectivity index is 1.85. The fourth-order valence-corrected chi connectivity index (χ4v) is 2.13. The van der Waals surface area contributed by atoms with Crippen LogP contribution in [0.5, 0.6) is 0 Å². The zero-order valence-electron chi connectivity index (χ0n) is 11.9. The van der Waals surface area contributed by atoms with Crippen LogP contribution >= 0.6 is 0 Å². The van der Waals surface area contributed by atoms with Gasteiger partial charge in [-0.2, -0.15) is 13.2 Å². The first-order chi connectivity index (χ1) is 10.4. The lowest BCUT2D eigenvalue weighted by Gasteiger charge is -2.16. The molecule has 22 heavy (non-hydrogen) atoms. The highest BCUT2D eigenvalue weighted by Crippen LogP contribution is 2.29. The third kappa shape index (κ3) is 2.83. The summed E-state index contributed by atoms with van der Waals surface area (Å²) in [7, 11) is 1.85. The summed E-state index contributed by atoms with van der Waals surface area (Å²) in [5.41, 5.74) is 5.44. The topological polar surface area (TPSA) is 71.8 Å². The second kappa shape index (κ2) is 5.15. The van der Waals surface area contributed by atoms with Crippen molar-refractivity contribution in [1.29, 1.82) is 0 Å². The minimum absolute atomic E-state index is 0.0748. The molecule has 0 unspecified atom stereocenters. The maximum atomic E-state index is 12.8. The molecule has 2 heterocycles. The van der Waals surface area contributed by atoms with Crippen LogP contribution in [0.25, 0.3) is 5.65 Å². The first-order valence-corrected chi connectivity index (χ1v) is 6.80. The lowest BCUT2D eigenvalue weighted by atomic mass is 10.3. The van der Waals surface area contributed by atoms with Gasteiger partial charge >= 0.3 is 6.18 Å². The van der Waals surface area contributed by atoms with E-state index in [-0.39, 0.29) is 6.54 Å². The van der Waals surface area contributed by atoms with Gasteiger partial charge in [0.05, 0.1) is 5.56 Å².